The number of halogens is 1. The van der Waals surface area contributed by atoms with E-state index < -0.39 is 0 Å². The van der Waals surface area contributed by atoms with Crippen LogP contribution in [0.1, 0.15) is 25.7 Å². The Morgan fingerprint density at radius 1 is 1.33 bits per heavy atom. The number of nitrogens with one attached hydrogen (secondary N) is 1. The van der Waals surface area contributed by atoms with Crippen LogP contribution < -0.4 is 5.32 Å². The second-order valence-electron chi connectivity index (χ2n) is 5.59. The van der Waals surface area contributed by atoms with E-state index in [0.717, 1.165) is 50.3 Å². The van der Waals surface area contributed by atoms with Gasteiger partial charge in [-0.25, -0.2) is 4.98 Å². The Labute approximate surface area is 134 Å². The van der Waals surface area contributed by atoms with Crippen LogP contribution in [0, 0.1) is 0 Å². The molecule has 0 aliphatic carbocycles. The number of hydrogen-bond acceptors (Lipinski definition) is 4. The average Bonchev–Trinajstić information content (AvgIpc) is 3.01. The molecule has 2 saturated heterocycles. The van der Waals surface area contributed by atoms with Crippen molar-refractivity contribution in [2.45, 2.75) is 42.0 Å². The summed E-state index contributed by atoms with van der Waals surface area (Å²) < 4.78 is 0. The van der Waals surface area contributed by atoms with Crippen LogP contribution in [-0.4, -0.2) is 46.7 Å². The van der Waals surface area contributed by atoms with Crippen molar-refractivity contribution in [2.24, 2.45) is 0 Å². The zero-order chi connectivity index (χ0) is 14.7. The lowest BCUT2D eigenvalue weighted by Crippen LogP contribution is -2.47. The van der Waals surface area contributed by atoms with Gasteiger partial charge in [0.1, 0.15) is 5.15 Å². The lowest BCUT2D eigenvalue weighted by Gasteiger charge is -2.33. The lowest BCUT2D eigenvalue weighted by atomic mass is 10.1. The minimum Gasteiger partial charge on any atom is -0.341 e. The van der Waals surface area contributed by atoms with Crippen molar-refractivity contribution in [3.63, 3.8) is 0 Å². The summed E-state index contributed by atoms with van der Waals surface area (Å²) in [4.78, 5) is 18.7. The molecule has 21 heavy (non-hydrogen) atoms. The molecule has 4 nitrogen and oxygen atoms in total. The SMILES string of the molecule is O=C(C1CCCN1)N1CCC(Sc2cccc(Cl)n2)CC1. The van der Waals surface area contributed by atoms with Crippen molar-refractivity contribution in [3.8, 4) is 0 Å². The first-order valence-electron chi connectivity index (χ1n) is 7.54. The highest BCUT2D eigenvalue weighted by atomic mass is 35.5. The van der Waals surface area contributed by atoms with Crippen molar-refractivity contribution in [3.05, 3.63) is 23.4 Å². The van der Waals surface area contributed by atoms with E-state index in [-0.39, 0.29) is 11.9 Å². The summed E-state index contributed by atoms with van der Waals surface area (Å²) in [5, 5.41) is 5.33. The number of piperidine rings is 1. The maximum absolute atomic E-state index is 12.3. The largest absolute Gasteiger partial charge is 0.341 e. The molecule has 2 fully saturated rings. The number of amides is 1. The fraction of sp³-hybridized carbons (Fsp3) is 0.600. The highest BCUT2D eigenvalue weighted by molar-refractivity contribution is 7.99. The van der Waals surface area contributed by atoms with Gasteiger partial charge in [0.25, 0.3) is 0 Å². The molecule has 2 aliphatic heterocycles. The van der Waals surface area contributed by atoms with Crippen LogP contribution >= 0.6 is 23.4 Å². The Bertz CT molecular complexity index is 499. The van der Waals surface area contributed by atoms with Crippen LogP contribution in [0.3, 0.4) is 0 Å². The molecule has 2 aliphatic rings. The molecule has 0 aromatic carbocycles. The predicted molar refractivity (Wildman–Crippen MR) is 85.7 cm³/mol. The van der Waals surface area contributed by atoms with Crippen molar-refractivity contribution < 1.29 is 4.79 Å². The number of rotatable bonds is 3. The van der Waals surface area contributed by atoms with Crippen molar-refractivity contribution in [1.82, 2.24) is 15.2 Å². The number of pyridine rings is 1. The molecule has 0 saturated carbocycles. The number of carbonyl (C=O) groups excluding carboxylic acids is 1. The molecule has 0 bridgehead atoms. The summed E-state index contributed by atoms with van der Waals surface area (Å²) in [6.45, 7) is 2.69. The Morgan fingerprint density at radius 3 is 2.81 bits per heavy atom. The minimum absolute atomic E-state index is 0.0591. The molecule has 0 radical (unpaired) electrons. The van der Waals surface area contributed by atoms with Gasteiger partial charge in [-0.1, -0.05) is 17.7 Å². The van der Waals surface area contributed by atoms with Crippen LogP contribution in [0.4, 0.5) is 0 Å². The van der Waals surface area contributed by atoms with Crippen LogP contribution in [0.2, 0.25) is 5.15 Å². The van der Waals surface area contributed by atoms with Crippen molar-refractivity contribution >= 4 is 29.3 Å². The zero-order valence-electron chi connectivity index (χ0n) is 11.9. The van der Waals surface area contributed by atoms with E-state index in [9.17, 15) is 4.79 Å². The molecule has 1 N–H and O–H groups in total. The van der Waals surface area contributed by atoms with Crippen LogP contribution in [0.25, 0.3) is 0 Å². The average molecular weight is 326 g/mol. The number of hydrogen-bond donors (Lipinski definition) is 1. The molecule has 1 unspecified atom stereocenters. The lowest BCUT2D eigenvalue weighted by molar-refractivity contribution is -0.133. The minimum atomic E-state index is 0.0591. The second-order valence-corrected chi connectivity index (χ2v) is 7.30. The monoisotopic (exact) mass is 325 g/mol. The van der Waals surface area contributed by atoms with Crippen LogP contribution in [0.5, 0.6) is 0 Å². The third-order valence-corrected chi connectivity index (χ3v) is 5.57. The molecule has 3 heterocycles. The van der Waals surface area contributed by atoms with Gasteiger partial charge >= 0.3 is 0 Å². The van der Waals surface area contributed by atoms with Gasteiger partial charge < -0.3 is 10.2 Å². The van der Waals surface area contributed by atoms with Gasteiger partial charge in [0, 0.05) is 18.3 Å². The van der Waals surface area contributed by atoms with E-state index in [1.807, 2.05) is 17.0 Å². The van der Waals surface area contributed by atoms with Crippen molar-refractivity contribution in [1.29, 1.82) is 0 Å². The van der Waals surface area contributed by atoms with Gasteiger partial charge in [-0.2, -0.15) is 0 Å². The summed E-state index contributed by atoms with van der Waals surface area (Å²) >= 11 is 7.69. The first-order chi connectivity index (χ1) is 10.2. The molecule has 1 aromatic heterocycles. The number of carbonyl (C=O) groups is 1. The summed E-state index contributed by atoms with van der Waals surface area (Å²) in [5.41, 5.74) is 0. The molecule has 0 spiro atoms. The van der Waals surface area contributed by atoms with Gasteiger partial charge in [0.15, 0.2) is 0 Å². The first-order valence-corrected chi connectivity index (χ1v) is 8.79. The Kier molecular flexibility index (Phi) is 5.03. The van der Waals surface area contributed by atoms with Crippen LogP contribution in [0.15, 0.2) is 23.2 Å². The fourth-order valence-corrected chi connectivity index (χ4v) is 4.25. The molecule has 3 rings (SSSR count). The molecule has 1 aromatic rings. The third-order valence-electron chi connectivity index (χ3n) is 4.09. The summed E-state index contributed by atoms with van der Waals surface area (Å²) in [7, 11) is 0. The number of thioether (sulfide) groups is 1. The molecular weight excluding hydrogens is 306 g/mol. The first kappa shape index (κ1) is 15.1. The Morgan fingerprint density at radius 2 is 2.14 bits per heavy atom. The normalized spacial score (nSPS) is 23.5. The highest BCUT2D eigenvalue weighted by Crippen LogP contribution is 2.30. The van der Waals surface area contributed by atoms with E-state index in [1.54, 1.807) is 17.8 Å². The smallest absolute Gasteiger partial charge is 0.239 e. The number of likely N-dealkylation sites (tertiary alicyclic amines) is 1. The Balaban J connectivity index is 1.49. The van der Waals surface area contributed by atoms with Gasteiger partial charge in [-0.3, -0.25) is 4.79 Å². The van der Waals surface area contributed by atoms with Gasteiger partial charge in [0.2, 0.25) is 5.91 Å². The summed E-state index contributed by atoms with van der Waals surface area (Å²) in [6.07, 6.45) is 4.15. The maximum atomic E-state index is 12.3. The maximum Gasteiger partial charge on any atom is 0.239 e. The topological polar surface area (TPSA) is 45.2 Å². The summed E-state index contributed by atoms with van der Waals surface area (Å²) in [6, 6.07) is 5.78. The molecule has 1 amide bonds. The standard InChI is InChI=1S/C15H20ClN3OS/c16-13-4-1-5-14(18-13)21-11-6-9-19(10-7-11)15(20)12-3-2-8-17-12/h1,4-5,11-12,17H,2-3,6-10H2. The van der Waals surface area contributed by atoms with E-state index in [1.165, 1.54) is 0 Å². The third kappa shape index (κ3) is 3.90. The van der Waals surface area contributed by atoms with E-state index in [2.05, 4.69) is 10.3 Å². The summed E-state index contributed by atoms with van der Waals surface area (Å²) in [5.74, 6) is 0.289. The molecule has 1 atom stereocenters. The quantitative estimate of drug-likeness (QED) is 0.868. The van der Waals surface area contributed by atoms with E-state index in [4.69, 9.17) is 11.6 Å². The Hall–Kier alpha value is -0.780. The molecule has 114 valence electrons. The number of nitrogens with zero attached hydrogens (tertiary/aromatic N) is 2. The van der Waals surface area contributed by atoms with E-state index in [0.29, 0.717) is 10.4 Å². The highest BCUT2D eigenvalue weighted by Gasteiger charge is 2.30. The van der Waals surface area contributed by atoms with Gasteiger partial charge in [-0.05, 0) is 44.4 Å². The van der Waals surface area contributed by atoms with Crippen LogP contribution in [-0.2, 0) is 4.79 Å². The van der Waals surface area contributed by atoms with Crippen molar-refractivity contribution in [2.75, 3.05) is 19.6 Å². The zero-order valence-corrected chi connectivity index (χ0v) is 13.5. The van der Waals surface area contributed by atoms with Gasteiger partial charge in [-0.15, -0.1) is 11.8 Å². The fourth-order valence-electron chi connectivity index (χ4n) is 2.94. The number of aromatic nitrogens is 1. The van der Waals surface area contributed by atoms with E-state index >= 15 is 0 Å². The molecular formula is C15H20ClN3OS. The predicted octanol–water partition coefficient (Wildman–Crippen LogP) is 2.57. The second kappa shape index (κ2) is 6.99. The molecule has 6 heteroatoms. The van der Waals surface area contributed by atoms with Gasteiger partial charge in [0.05, 0.1) is 11.1 Å².